The monoisotopic (exact) mass is 174 g/mol. The summed E-state index contributed by atoms with van der Waals surface area (Å²) in [5.41, 5.74) is 0.524. The van der Waals surface area contributed by atoms with E-state index >= 15 is 0 Å². The van der Waals surface area contributed by atoms with Crippen molar-refractivity contribution >= 4 is 0 Å². The van der Waals surface area contributed by atoms with Gasteiger partial charge in [-0.25, -0.2) is 0 Å². The molecule has 0 aromatic rings. The molecule has 3 fully saturated rings. The molecule has 0 spiro atoms. The Balaban J connectivity index is 2.03. The standard InChI is InChI=1S/C13H18/c1-13-9-3-2-4-12(13)10-5-7-11(13)8-6-10/h2-4,9-12H,5-8H2,1H3. The van der Waals surface area contributed by atoms with Crippen LogP contribution in [0.25, 0.3) is 0 Å². The maximum absolute atomic E-state index is 2.48. The number of rotatable bonds is 0. The predicted molar refractivity (Wildman–Crippen MR) is 55.3 cm³/mol. The fraction of sp³-hybridized carbons (Fsp3) is 0.692. The Bertz CT molecular complexity index is 266. The van der Waals surface area contributed by atoms with Gasteiger partial charge in [0.15, 0.2) is 0 Å². The normalized spacial score (nSPS) is 52.2. The lowest BCUT2D eigenvalue weighted by Crippen LogP contribution is -2.46. The zero-order valence-corrected chi connectivity index (χ0v) is 8.37. The van der Waals surface area contributed by atoms with E-state index in [-0.39, 0.29) is 0 Å². The minimum Gasteiger partial charge on any atom is -0.0803 e. The summed E-state index contributed by atoms with van der Waals surface area (Å²) in [5.74, 6) is 2.84. The number of fused-ring (bicyclic) bond motifs is 2. The molecule has 2 bridgehead atoms. The van der Waals surface area contributed by atoms with Gasteiger partial charge in [-0.05, 0) is 48.9 Å². The van der Waals surface area contributed by atoms with Crippen molar-refractivity contribution in [2.75, 3.05) is 0 Å². The molecule has 4 rings (SSSR count). The predicted octanol–water partition coefficient (Wildman–Crippen LogP) is 3.55. The van der Waals surface area contributed by atoms with Gasteiger partial charge in [0.05, 0.1) is 0 Å². The van der Waals surface area contributed by atoms with Crippen molar-refractivity contribution in [3.05, 3.63) is 24.3 Å². The molecule has 0 saturated heterocycles. The van der Waals surface area contributed by atoms with Crippen LogP contribution in [0.3, 0.4) is 0 Å². The van der Waals surface area contributed by atoms with Crippen molar-refractivity contribution in [1.29, 1.82) is 0 Å². The van der Waals surface area contributed by atoms with E-state index in [4.69, 9.17) is 0 Å². The van der Waals surface area contributed by atoms with Crippen LogP contribution in [-0.2, 0) is 0 Å². The van der Waals surface area contributed by atoms with Crippen molar-refractivity contribution in [3.63, 3.8) is 0 Å². The van der Waals surface area contributed by atoms with Gasteiger partial charge >= 0.3 is 0 Å². The molecule has 0 aliphatic heterocycles. The molecule has 70 valence electrons. The molecule has 2 atom stereocenters. The van der Waals surface area contributed by atoms with Crippen LogP contribution in [0.15, 0.2) is 24.3 Å². The third kappa shape index (κ3) is 0.920. The molecule has 0 radical (unpaired) electrons. The van der Waals surface area contributed by atoms with Gasteiger partial charge in [-0.1, -0.05) is 31.2 Å². The largest absolute Gasteiger partial charge is 0.0803 e. The van der Waals surface area contributed by atoms with E-state index in [2.05, 4.69) is 31.2 Å². The molecular weight excluding hydrogens is 156 g/mol. The van der Waals surface area contributed by atoms with Crippen LogP contribution in [0.4, 0.5) is 0 Å². The summed E-state index contributed by atoms with van der Waals surface area (Å²) in [7, 11) is 0. The number of allylic oxidation sites excluding steroid dienone is 4. The van der Waals surface area contributed by atoms with Gasteiger partial charge in [-0.15, -0.1) is 0 Å². The lowest BCUT2D eigenvalue weighted by molar-refractivity contribution is 0.00431. The second-order valence-electron chi connectivity index (χ2n) is 5.25. The average molecular weight is 174 g/mol. The highest BCUT2D eigenvalue weighted by atomic mass is 14.5. The van der Waals surface area contributed by atoms with Crippen LogP contribution in [-0.4, -0.2) is 0 Å². The van der Waals surface area contributed by atoms with E-state index in [1.807, 2.05) is 0 Å². The highest BCUT2D eigenvalue weighted by Crippen LogP contribution is 2.58. The van der Waals surface area contributed by atoms with Gasteiger partial charge in [0.25, 0.3) is 0 Å². The Hall–Kier alpha value is -0.520. The van der Waals surface area contributed by atoms with Gasteiger partial charge in [-0.3, -0.25) is 0 Å². The molecule has 0 N–H and O–H groups in total. The molecule has 2 unspecified atom stereocenters. The first-order chi connectivity index (χ1) is 6.31. The van der Waals surface area contributed by atoms with Gasteiger partial charge in [0, 0.05) is 0 Å². The minimum absolute atomic E-state index is 0.524. The van der Waals surface area contributed by atoms with Crippen molar-refractivity contribution in [1.82, 2.24) is 0 Å². The lowest BCUT2D eigenvalue weighted by atomic mass is 9.50. The molecule has 3 saturated carbocycles. The topological polar surface area (TPSA) is 0 Å². The third-order valence-corrected chi connectivity index (χ3v) is 4.76. The third-order valence-electron chi connectivity index (χ3n) is 4.76. The van der Waals surface area contributed by atoms with Gasteiger partial charge in [0.1, 0.15) is 0 Å². The van der Waals surface area contributed by atoms with Crippen molar-refractivity contribution in [2.45, 2.75) is 32.6 Å². The number of hydrogen-bond acceptors (Lipinski definition) is 0. The van der Waals surface area contributed by atoms with E-state index in [0.717, 1.165) is 17.8 Å². The molecule has 0 amide bonds. The summed E-state index contributed by atoms with van der Waals surface area (Å²) >= 11 is 0. The Morgan fingerprint density at radius 1 is 1.08 bits per heavy atom. The molecule has 13 heavy (non-hydrogen) atoms. The highest BCUT2D eigenvalue weighted by molar-refractivity contribution is 5.24. The zero-order chi connectivity index (χ0) is 8.89. The fourth-order valence-corrected chi connectivity index (χ4v) is 3.94. The first kappa shape index (κ1) is 7.84. The smallest absolute Gasteiger partial charge is 0.00497 e. The summed E-state index contributed by atoms with van der Waals surface area (Å²) in [6.07, 6.45) is 15.4. The van der Waals surface area contributed by atoms with Crippen LogP contribution < -0.4 is 0 Å². The van der Waals surface area contributed by atoms with E-state index in [1.54, 1.807) is 0 Å². The van der Waals surface area contributed by atoms with Gasteiger partial charge < -0.3 is 0 Å². The quantitative estimate of drug-likeness (QED) is 0.527. The Kier molecular flexibility index (Phi) is 1.51. The van der Waals surface area contributed by atoms with Crippen LogP contribution in [0, 0.1) is 23.2 Å². The molecule has 0 aromatic carbocycles. The van der Waals surface area contributed by atoms with E-state index < -0.39 is 0 Å². The second-order valence-corrected chi connectivity index (χ2v) is 5.25. The molecule has 0 heterocycles. The van der Waals surface area contributed by atoms with Crippen molar-refractivity contribution < 1.29 is 0 Å². The highest BCUT2D eigenvalue weighted by Gasteiger charge is 2.49. The molecule has 0 aromatic heterocycles. The van der Waals surface area contributed by atoms with Crippen LogP contribution in [0.1, 0.15) is 32.6 Å². The zero-order valence-electron chi connectivity index (χ0n) is 8.37. The molecule has 0 nitrogen and oxygen atoms in total. The van der Waals surface area contributed by atoms with Crippen LogP contribution >= 0.6 is 0 Å². The van der Waals surface area contributed by atoms with Gasteiger partial charge in [0.2, 0.25) is 0 Å². The van der Waals surface area contributed by atoms with Crippen LogP contribution in [0.5, 0.6) is 0 Å². The summed E-state index contributed by atoms with van der Waals surface area (Å²) in [4.78, 5) is 0. The van der Waals surface area contributed by atoms with E-state index in [9.17, 15) is 0 Å². The average Bonchev–Trinajstić information content (AvgIpc) is 2.19. The van der Waals surface area contributed by atoms with Crippen LogP contribution in [0.2, 0.25) is 0 Å². The molecule has 4 aliphatic carbocycles. The Labute approximate surface area is 80.7 Å². The Morgan fingerprint density at radius 2 is 1.85 bits per heavy atom. The maximum Gasteiger partial charge on any atom is -0.00497 e. The van der Waals surface area contributed by atoms with E-state index in [0.29, 0.717) is 5.41 Å². The SMILES string of the molecule is CC12C=CC=CC1C1CCC2CC1. The first-order valence-electron chi connectivity index (χ1n) is 5.67. The Morgan fingerprint density at radius 3 is 2.54 bits per heavy atom. The molecular formula is C13H18. The van der Waals surface area contributed by atoms with Gasteiger partial charge in [-0.2, -0.15) is 0 Å². The molecule has 0 heteroatoms. The first-order valence-corrected chi connectivity index (χ1v) is 5.67. The van der Waals surface area contributed by atoms with Crippen molar-refractivity contribution in [3.8, 4) is 0 Å². The lowest BCUT2D eigenvalue weighted by Gasteiger charge is -2.54. The summed E-state index contributed by atoms with van der Waals surface area (Å²) in [5, 5.41) is 0. The van der Waals surface area contributed by atoms with E-state index in [1.165, 1.54) is 25.7 Å². The fourth-order valence-electron chi connectivity index (χ4n) is 3.94. The summed E-state index contributed by atoms with van der Waals surface area (Å²) in [6, 6.07) is 0. The maximum atomic E-state index is 2.48. The molecule has 4 aliphatic rings. The second kappa shape index (κ2) is 2.50. The summed E-state index contributed by atoms with van der Waals surface area (Å²) in [6.45, 7) is 2.48. The van der Waals surface area contributed by atoms with Crippen molar-refractivity contribution in [2.24, 2.45) is 23.2 Å². The summed E-state index contributed by atoms with van der Waals surface area (Å²) < 4.78 is 0. The minimum atomic E-state index is 0.524. The number of hydrogen-bond donors (Lipinski definition) is 0.